The Morgan fingerprint density at radius 2 is 1.83 bits per heavy atom. The summed E-state index contributed by atoms with van der Waals surface area (Å²) in [6.45, 7) is -0.0615. The van der Waals surface area contributed by atoms with Crippen LogP contribution in [-0.2, 0) is 9.59 Å². The van der Waals surface area contributed by atoms with Gasteiger partial charge in [-0.1, -0.05) is 12.1 Å². The molecular weight excluding hydrogens is 326 g/mol. The standard InChI is InChI=1S/C17H15N3O3S/c18-17(23)11-5-7-12(8-6-11)19-15(21)9-20-13-3-1-2-4-14(13)24-10-16(20)22/h1-8H,9-10H2,(H2,18,23)(H,19,21). The molecule has 1 heterocycles. The summed E-state index contributed by atoms with van der Waals surface area (Å²) in [6, 6.07) is 13.8. The maximum atomic E-state index is 12.3. The second kappa shape index (κ2) is 6.76. The molecule has 3 amide bonds. The van der Waals surface area contributed by atoms with Crippen molar-refractivity contribution in [3.8, 4) is 0 Å². The van der Waals surface area contributed by atoms with Gasteiger partial charge in [-0.25, -0.2) is 0 Å². The van der Waals surface area contributed by atoms with Crippen molar-refractivity contribution < 1.29 is 14.4 Å². The molecule has 6 nitrogen and oxygen atoms in total. The number of benzene rings is 2. The van der Waals surface area contributed by atoms with Gasteiger partial charge in [-0.05, 0) is 36.4 Å². The van der Waals surface area contributed by atoms with E-state index in [4.69, 9.17) is 5.73 Å². The Morgan fingerprint density at radius 1 is 1.12 bits per heavy atom. The average molecular weight is 341 g/mol. The first-order valence-electron chi connectivity index (χ1n) is 7.26. The van der Waals surface area contributed by atoms with Crippen molar-refractivity contribution in [1.29, 1.82) is 0 Å². The molecule has 1 aliphatic heterocycles. The van der Waals surface area contributed by atoms with Crippen molar-refractivity contribution in [1.82, 2.24) is 0 Å². The smallest absolute Gasteiger partial charge is 0.248 e. The Labute approximate surface area is 143 Å². The van der Waals surface area contributed by atoms with Crippen LogP contribution >= 0.6 is 11.8 Å². The van der Waals surface area contributed by atoms with E-state index in [0.29, 0.717) is 17.0 Å². The zero-order valence-electron chi connectivity index (χ0n) is 12.7. The van der Waals surface area contributed by atoms with Crippen LogP contribution in [0.2, 0.25) is 0 Å². The highest BCUT2D eigenvalue weighted by Crippen LogP contribution is 2.34. The van der Waals surface area contributed by atoms with Gasteiger partial charge in [0.15, 0.2) is 0 Å². The highest BCUT2D eigenvalue weighted by molar-refractivity contribution is 8.00. The summed E-state index contributed by atoms with van der Waals surface area (Å²) in [4.78, 5) is 37.9. The first-order valence-corrected chi connectivity index (χ1v) is 8.25. The van der Waals surface area contributed by atoms with Gasteiger partial charge in [0.05, 0.1) is 11.4 Å². The Morgan fingerprint density at radius 3 is 2.54 bits per heavy atom. The van der Waals surface area contributed by atoms with Gasteiger partial charge in [-0.15, -0.1) is 11.8 Å². The highest BCUT2D eigenvalue weighted by atomic mass is 32.2. The number of fused-ring (bicyclic) bond motifs is 1. The van der Waals surface area contributed by atoms with Crippen molar-refractivity contribution in [2.24, 2.45) is 5.73 Å². The van der Waals surface area contributed by atoms with Crippen LogP contribution in [0.25, 0.3) is 0 Å². The van der Waals surface area contributed by atoms with Gasteiger partial charge < -0.3 is 16.0 Å². The monoisotopic (exact) mass is 341 g/mol. The number of nitrogens with one attached hydrogen (secondary N) is 1. The Bertz CT molecular complexity index is 805. The summed E-state index contributed by atoms with van der Waals surface area (Å²) in [7, 11) is 0. The second-order valence-corrected chi connectivity index (χ2v) is 6.24. The number of para-hydroxylation sites is 1. The zero-order valence-corrected chi connectivity index (χ0v) is 13.5. The van der Waals surface area contributed by atoms with Gasteiger partial charge in [0.1, 0.15) is 6.54 Å². The molecule has 3 N–H and O–H groups in total. The van der Waals surface area contributed by atoms with E-state index in [2.05, 4.69) is 5.32 Å². The molecule has 3 rings (SSSR count). The summed E-state index contributed by atoms with van der Waals surface area (Å²) in [6.07, 6.45) is 0. The minimum atomic E-state index is -0.527. The van der Waals surface area contributed by atoms with Gasteiger partial charge in [0.2, 0.25) is 17.7 Å². The second-order valence-electron chi connectivity index (χ2n) is 5.23. The Kier molecular flexibility index (Phi) is 4.52. The number of carbonyl (C=O) groups is 3. The van der Waals surface area contributed by atoms with Crippen LogP contribution in [0.1, 0.15) is 10.4 Å². The van der Waals surface area contributed by atoms with Crippen LogP contribution in [0, 0.1) is 0 Å². The fourth-order valence-corrected chi connectivity index (χ4v) is 3.32. The van der Waals surface area contributed by atoms with Crippen LogP contribution in [0.5, 0.6) is 0 Å². The lowest BCUT2D eigenvalue weighted by Gasteiger charge is -2.28. The van der Waals surface area contributed by atoms with E-state index in [9.17, 15) is 14.4 Å². The number of anilines is 2. The zero-order chi connectivity index (χ0) is 17.1. The molecule has 0 fully saturated rings. The number of thioether (sulfide) groups is 1. The molecular formula is C17H15N3O3S. The normalized spacial score (nSPS) is 13.3. The quantitative estimate of drug-likeness (QED) is 0.888. The third kappa shape index (κ3) is 3.41. The van der Waals surface area contributed by atoms with Crippen LogP contribution in [0.4, 0.5) is 11.4 Å². The molecule has 0 bridgehead atoms. The molecule has 0 radical (unpaired) electrons. The summed E-state index contributed by atoms with van der Waals surface area (Å²) >= 11 is 1.47. The maximum Gasteiger partial charge on any atom is 0.248 e. The van der Waals surface area contributed by atoms with E-state index < -0.39 is 5.91 Å². The molecule has 7 heteroatoms. The number of rotatable bonds is 4. The number of carbonyl (C=O) groups excluding carboxylic acids is 3. The summed E-state index contributed by atoms with van der Waals surface area (Å²) in [5, 5.41) is 2.71. The minimum Gasteiger partial charge on any atom is -0.366 e. The third-order valence-electron chi connectivity index (χ3n) is 3.56. The molecule has 0 spiro atoms. The van der Waals surface area contributed by atoms with Crippen molar-refractivity contribution in [3.05, 3.63) is 54.1 Å². The lowest BCUT2D eigenvalue weighted by atomic mass is 10.2. The fraction of sp³-hybridized carbons (Fsp3) is 0.118. The van der Waals surface area contributed by atoms with Gasteiger partial charge >= 0.3 is 0 Å². The first kappa shape index (κ1) is 16.1. The number of primary amides is 1. The lowest BCUT2D eigenvalue weighted by Crippen LogP contribution is -2.41. The van der Waals surface area contributed by atoms with Gasteiger partial charge in [0, 0.05) is 16.1 Å². The van der Waals surface area contributed by atoms with E-state index in [0.717, 1.165) is 10.6 Å². The molecule has 1 aliphatic rings. The van der Waals surface area contributed by atoms with Crippen molar-refractivity contribution in [2.45, 2.75) is 4.90 Å². The number of hydrogen-bond acceptors (Lipinski definition) is 4. The molecule has 2 aromatic carbocycles. The van der Waals surface area contributed by atoms with E-state index >= 15 is 0 Å². The number of nitrogens with zero attached hydrogens (tertiary/aromatic N) is 1. The van der Waals surface area contributed by atoms with E-state index in [1.165, 1.54) is 28.8 Å². The van der Waals surface area contributed by atoms with Crippen molar-refractivity contribution in [3.63, 3.8) is 0 Å². The predicted octanol–water partition coefficient (Wildman–Crippen LogP) is 1.86. The number of nitrogens with two attached hydrogens (primary N) is 1. The third-order valence-corrected chi connectivity index (χ3v) is 4.61. The summed E-state index contributed by atoms with van der Waals surface area (Å²) in [5.41, 5.74) is 6.83. The molecule has 0 aromatic heterocycles. The molecule has 0 unspecified atom stereocenters. The Balaban J connectivity index is 1.70. The molecule has 0 saturated heterocycles. The van der Waals surface area contributed by atoms with Gasteiger partial charge in [-0.2, -0.15) is 0 Å². The molecule has 0 aliphatic carbocycles. The average Bonchev–Trinajstić information content (AvgIpc) is 2.58. The topological polar surface area (TPSA) is 92.5 Å². The lowest BCUT2D eigenvalue weighted by molar-refractivity contribution is -0.120. The van der Waals surface area contributed by atoms with E-state index in [1.807, 2.05) is 24.3 Å². The van der Waals surface area contributed by atoms with Crippen LogP contribution < -0.4 is 16.0 Å². The maximum absolute atomic E-state index is 12.3. The van der Waals surface area contributed by atoms with Crippen molar-refractivity contribution in [2.75, 3.05) is 22.5 Å². The fourth-order valence-electron chi connectivity index (χ4n) is 2.39. The summed E-state index contributed by atoms with van der Waals surface area (Å²) in [5.74, 6) is -0.617. The largest absolute Gasteiger partial charge is 0.366 e. The SMILES string of the molecule is NC(=O)c1ccc(NC(=O)CN2C(=O)CSc3ccccc32)cc1. The first-order chi connectivity index (χ1) is 11.5. The molecule has 122 valence electrons. The molecule has 0 atom stereocenters. The molecule has 2 aromatic rings. The number of amides is 3. The highest BCUT2D eigenvalue weighted by Gasteiger charge is 2.26. The van der Waals surface area contributed by atoms with E-state index in [-0.39, 0.29) is 18.4 Å². The van der Waals surface area contributed by atoms with Crippen LogP contribution in [0.15, 0.2) is 53.4 Å². The predicted molar refractivity (Wildman–Crippen MR) is 93.1 cm³/mol. The van der Waals surface area contributed by atoms with E-state index in [1.54, 1.807) is 12.1 Å². The minimum absolute atomic E-state index is 0.0615. The number of hydrogen-bond donors (Lipinski definition) is 2. The van der Waals surface area contributed by atoms with Crippen molar-refractivity contribution >= 4 is 40.9 Å². The summed E-state index contributed by atoms with van der Waals surface area (Å²) < 4.78 is 0. The molecule has 0 saturated carbocycles. The van der Waals surface area contributed by atoms with Crippen LogP contribution in [-0.4, -0.2) is 30.0 Å². The van der Waals surface area contributed by atoms with Gasteiger partial charge in [-0.3, -0.25) is 14.4 Å². The van der Waals surface area contributed by atoms with Crippen LogP contribution in [0.3, 0.4) is 0 Å². The molecule has 24 heavy (non-hydrogen) atoms. The van der Waals surface area contributed by atoms with Gasteiger partial charge in [0.25, 0.3) is 0 Å². The Hall–Kier alpha value is -2.80.